The summed E-state index contributed by atoms with van der Waals surface area (Å²) in [5.41, 5.74) is -0.774. The molecule has 0 unspecified atom stereocenters. The minimum Gasteiger partial charge on any atom is -0.374 e. The van der Waals surface area contributed by atoms with Crippen molar-refractivity contribution in [2.45, 2.75) is 20.0 Å². The van der Waals surface area contributed by atoms with E-state index in [0.717, 1.165) is 6.54 Å². The second-order valence-corrected chi connectivity index (χ2v) is 5.55. The molecule has 0 saturated carbocycles. The summed E-state index contributed by atoms with van der Waals surface area (Å²) in [6, 6.07) is 5.30. The lowest BCUT2D eigenvalue weighted by Gasteiger charge is -2.22. The van der Waals surface area contributed by atoms with Gasteiger partial charge in [-0.25, -0.2) is 0 Å². The number of nitrogens with one attached hydrogen (secondary N) is 1. The molecule has 3 nitrogen and oxygen atoms in total. The number of benzene rings is 1. The lowest BCUT2D eigenvalue weighted by Crippen LogP contribution is -2.22. The third-order valence-corrected chi connectivity index (χ3v) is 3.21. The Bertz CT molecular complexity index is 704. The Hall–Kier alpha value is -1.98. The molecule has 6 heteroatoms. The highest BCUT2D eigenvalue weighted by Gasteiger charge is 2.33. The minimum atomic E-state index is -4.55. The molecule has 0 radical (unpaired) electrons. The number of hydrogen-bond donors (Lipinski definition) is 1. The van der Waals surface area contributed by atoms with Gasteiger partial charge in [0.25, 0.3) is 0 Å². The van der Waals surface area contributed by atoms with Crippen molar-refractivity contribution in [1.82, 2.24) is 4.98 Å². The normalized spacial score (nSPS) is 12.1. The molecule has 0 aliphatic heterocycles. The standard InChI is InChI=1S/C15H17F3N2O/c1-9(2)8-20(3)10-4-5-13-11(6-10)12(15(16,17)18)7-14(21)19-13/h4-7,9H,8H2,1-3H3,(H,19,21). The van der Waals surface area contributed by atoms with E-state index in [2.05, 4.69) is 4.98 Å². The fourth-order valence-electron chi connectivity index (χ4n) is 2.37. The van der Waals surface area contributed by atoms with E-state index in [9.17, 15) is 18.0 Å². The van der Waals surface area contributed by atoms with Gasteiger partial charge in [0, 0.05) is 36.2 Å². The molecular formula is C15H17F3N2O. The molecule has 1 aromatic heterocycles. The number of rotatable bonds is 3. The van der Waals surface area contributed by atoms with Crippen LogP contribution in [0.3, 0.4) is 0 Å². The topological polar surface area (TPSA) is 36.1 Å². The highest BCUT2D eigenvalue weighted by molar-refractivity contribution is 5.86. The number of pyridine rings is 1. The summed E-state index contributed by atoms with van der Waals surface area (Å²) >= 11 is 0. The third kappa shape index (κ3) is 3.37. The van der Waals surface area contributed by atoms with Crippen molar-refractivity contribution in [3.8, 4) is 0 Å². The van der Waals surface area contributed by atoms with Crippen LogP contribution in [0.15, 0.2) is 29.1 Å². The summed E-state index contributed by atoms with van der Waals surface area (Å²) in [5, 5.41) is 0.00945. The number of hydrogen-bond acceptors (Lipinski definition) is 2. The van der Waals surface area contributed by atoms with Crippen molar-refractivity contribution >= 4 is 16.6 Å². The van der Waals surface area contributed by atoms with Crippen molar-refractivity contribution in [2.24, 2.45) is 5.92 Å². The zero-order chi connectivity index (χ0) is 15.8. The molecule has 0 spiro atoms. The summed E-state index contributed by atoms with van der Waals surface area (Å²) in [4.78, 5) is 15.7. The van der Waals surface area contributed by atoms with Gasteiger partial charge in [-0.05, 0) is 24.1 Å². The number of nitrogens with zero attached hydrogens (tertiary/aromatic N) is 1. The van der Waals surface area contributed by atoms with Crippen LogP contribution in [0, 0.1) is 5.92 Å². The van der Waals surface area contributed by atoms with Crippen molar-refractivity contribution < 1.29 is 13.2 Å². The zero-order valence-corrected chi connectivity index (χ0v) is 12.1. The Morgan fingerprint density at radius 1 is 1.24 bits per heavy atom. The Morgan fingerprint density at radius 3 is 2.48 bits per heavy atom. The summed E-state index contributed by atoms with van der Waals surface area (Å²) in [6.45, 7) is 4.81. The van der Waals surface area contributed by atoms with Gasteiger partial charge in [0.1, 0.15) is 0 Å². The molecule has 0 atom stereocenters. The molecule has 2 rings (SSSR count). The van der Waals surface area contributed by atoms with E-state index in [1.807, 2.05) is 25.8 Å². The number of alkyl halides is 3. The number of aromatic amines is 1. The van der Waals surface area contributed by atoms with Crippen LogP contribution in [0.4, 0.5) is 18.9 Å². The first-order valence-corrected chi connectivity index (χ1v) is 6.64. The minimum absolute atomic E-state index is 0.00945. The second-order valence-electron chi connectivity index (χ2n) is 5.55. The molecule has 1 N–H and O–H groups in total. The maximum absolute atomic E-state index is 13.1. The van der Waals surface area contributed by atoms with E-state index >= 15 is 0 Å². The van der Waals surface area contributed by atoms with Gasteiger partial charge >= 0.3 is 6.18 Å². The first-order chi connectivity index (χ1) is 9.68. The summed E-state index contributed by atoms with van der Waals surface area (Å²) in [6.07, 6.45) is -4.55. The molecule has 0 fully saturated rings. The Labute approximate surface area is 120 Å². The zero-order valence-electron chi connectivity index (χ0n) is 12.1. The molecule has 0 aliphatic rings. The maximum atomic E-state index is 13.1. The molecule has 2 aromatic rings. The molecule has 0 amide bonds. The maximum Gasteiger partial charge on any atom is 0.417 e. The van der Waals surface area contributed by atoms with Crippen LogP contribution >= 0.6 is 0 Å². The Balaban J connectivity index is 2.61. The van der Waals surface area contributed by atoms with Gasteiger partial charge in [0.05, 0.1) is 5.56 Å². The number of aromatic nitrogens is 1. The van der Waals surface area contributed by atoms with Crippen LogP contribution in [0.1, 0.15) is 19.4 Å². The van der Waals surface area contributed by atoms with Crippen LogP contribution < -0.4 is 10.5 Å². The summed E-state index contributed by atoms with van der Waals surface area (Å²) in [7, 11) is 1.83. The van der Waals surface area contributed by atoms with Gasteiger partial charge in [-0.2, -0.15) is 13.2 Å². The first kappa shape index (κ1) is 15.4. The van der Waals surface area contributed by atoms with Gasteiger partial charge in [-0.15, -0.1) is 0 Å². The highest BCUT2D eigenvalue weighted by atomic mass is 19.4. The fourth-order valence-corrected chi connectivity index (χ4v) is 2.37. The van der Waals surface area contributed by atoms with Crippen molar-refractivity contribution in [3.05, 3.63) is 40.2 Å². The highest BCUT2D eigenvalue weighted by Crippen LogP contribution is 2.34. The van der Waals surface area contributed by atoms with E-state index in [4.69, 9.17) is 0 Å². The molecule has 1 aromatic carbocycles. The molecule has 0 aliphatic carbocycles. The van der Waals surface area contributed by atoms with Gasteiger partial charge in [0.15, 0.2) is 0 Å². The Morgan fingerprint density at radius 2 is 1.90 bits per heavy atom. The average Bonchev–Trinajstić information content (AvgIpc) is 2.35. The lowest BCUT2D eigenvalue weighted by atomic mass is 10.1. The first-order valence-electron chi connectivity index (χ1n) is 6.64. The van der Waals surface area contributed by atoms with Gasteiger partial charge < -0.3 is 9.88 Å². The van der Waals surface area contributed by atoms with E-state index < -0.39 is 17.3 Å². The second kappa shape index (κ2) is 5.42. The van der Waals surface area contributed by atoms with Crippen molar-refractivity contribution in [3.63, 3.8) is 0 Å². The smallest absolute Gasteiger partial charge is 0.374 e. The predicted molar refractivity (Wildman–Crippen MR) is 77.7 cm³/mol. The number of halogens is 3. The fraction of sp³-hybridized carbons (Fsp3) is 0.400. The van der Waals surface area contributed by atoms with Gasteiger partial charge in [0.2, 0.25) is 5.56 Å². The quantitative estimate of drug-likeness (QED) is 0.939. The summed E-state index contributed by atoms with van der Waals surface area (Å²) < 4.78 is 39.2. The van der Waals surface area contributed by atoms with Gasteiger partial charge in [-0.3, -0.25) is 4.79 Å². The van der Waals surface area contributed by atoms with Crippen LogP contribution in [0.25, 0.3) is 10.9 Å². The monoisotopic (exact) mass is 298 g/mol. The molecule has 0 bridgehead atoms. The SMILES string of the molecule is CC(C)CN(C)c1ccc2[nH]c(=O)cc(C(F)(F)F)c2c1. The van der Waals surface area contributed by atoms with Crippen molar-refractivity contribution in [1.29, 1.82) is 0 Å². The number of fused-ring (bicyclic) bond motifs is 1. The van der Waals surface area contributed by atoms with Crippen LogP contribution in [0.5, 0.6) is 0 Å². The van der Waals surface area contributed by atoms with Crippen molar-refractivity contribution in [2.75, 3.05) is 18.5 Å². The average molecular weight is 298 g/mol. The van der Waals surface area contributed by atoms with Crippen LogP contribution in [-0.2, 0) is 6.18 Å². The molecule has 1 heterocycles. The third-order valence-electron chi connectivity index (χ3n) is 3.21. The van der Waals surface area contributed by atoms with Gasteiger partial charge in [-0.1, -0.05) is 13.8 Å². The molecule has 0 saturated heterocycles. The van der Waals surface area contributed by atoms with E-state index in [0.29, 0.717) is 17.7 Å². The van der Waals surface area contributed by atoms with Crippen LogP contribution in [-0.4, -0.2) is 18.6 Å². The van der Waals surface area contributed by atoms with E-state index in [1.165, 1.54) is 12.1 Å². The predicted octanol–water partition coefficient (Wildman–Crippen LogP) is 3.64. The van der Waals surface area contributed by atoms with E-state index in [1.54, 1.807) is 6.07 Å². The van der Waals surface area contributed by atoms with E-state index in [-0.39, 0.29) is 10.9 Å². The largest absolute Gasteiger partial charge is 0.417 e. The molecule has 114 valence electrons. The number of H-pyrrole nitrogens is 1. The summed E-state index contributed by atoms with van der Waals surface area (Å²) in [5.74, 6) is 0.392. The molecular weight excluding hydrogens is 281 g/mol. The number of anilines is 1. The Kier molecular flexibility index (Phi) is 3.98. The lowest BCUT2D eigenvalue weighted by molar-refractivity contribution is -0.136. The van der Waals surface area contributed by atoms with Crippen LogP contribution in [0.2, 0.25) is 0 Å². The molecule has 21 heavy (non-hydrogen) atoms.